The maximum atomic E-state index is 10.8. The lowest BCUT2D eigenvalue weighted by molar-refractivity contribution is 0.473. The third-order valence-electron chi connectivity index (χ3n) is 8.91. The lowest BCUT2D eigenvalue weighted by Crippen LogP contribution is -2.29. The molecule has 0 spiro atoms. The Balaban J connectivity index is 1.56. The van der Waals surface area contributed by atoms with Crippen LogP contribution in [0.25, 0.3) is 11.1 Å². The van der Waals surface area contributed by atoms with E-state index in [1.165, 1.54) is 0 Å². The van der Waals surface area contributed by atoms with Crippen LogP contribution in [0.1, 0.15) is 55.6 Å². The number of aromatic hydroxyl groups is 2. The van der Waals surface area contributed by atoms with Gasteiger partial charge >= 0.3 is 0 Å². The molecule has 0 radical (unpaired) electrons. The molecule has 0 amide bonds. The second-order valence-electron chi connectivity index (χ2n) is 12.0. The van der Waals surface area contributed by atoms with Crippen LogP contribution in [-0.4, -0.2) is 10.2 Å². The van der Waals surface area contributed by atoms with Crippen molar-refractivity contribution < 1.29 is 10.2 Å². The van der Waals surface area contributed by atoms with Gasteiger partial charge in [-0.05, 0) is 119 Å². The van der Waals surface area contributed by atoms with E-state index < -0.39 is 5.41 Å². The molecule has 4 heteroatoms. The van der Waals surface area contributed by atoms with Gasteiger partial charge in [-0.15, -0.1) is 0 Å². The smallest absolute Gasteiger partial charge is 0.141 e. The highest BCUT2D eigenvalue weighted by Gasteiger charge is 2.47. The molecule has 0 aromatic heterocycles. The molecular formula is C43H32N2O2. The van der Waals surface area contributed by atoms with E-state index in [9.17, 15) is 10.2 Å². The first-order valence-corrected chi connectivity index (χ1v) is 15.4. The van der Waals surface area contributed by atoms with Crippen LogP contribution < -0.4 is 11.5 Å². The van der Waals surface area contributed by atoms with Gasteiger partial charge in [0.1, 0.15) is 11.5 Å². The van der Waals surface area contributed by atoms with Crippen LogP contribution >= 0.6 is 0 Å². The van der Waals surface area contributed by atoms with Gasteiger partial charge in [-0.2, -0.15) is 0 Å². The summed E-state index contributed by atoms with van der Waals surface area (Å²) >= 11 is 0. The highest BCUT2D eigenvalue weighted by atomic mass is 16.3. The average Bonchev–Trinajstić information content (AvgIpc) is 3.38. The van der Waals surface area contributed by atoms with E-state index in [0.717, 1.165) is 55.6 Å². The molecule has 0 saturated heterocycles. The van der Waals surface area contributed by atoms with Crippen molar-refractivity contribution in [3.05, 3.63) is 177 Å². The van der Waals surface area contributed by atoms with Crippen molar-refractivity contribution >= 4 is 11.4 Å². The Morgan fingerprint density at radius 3 is 1.23 bits per heavy atom. The number of nitrogen functional groups attached to an aromatic ring is 2. The summed E-state index contributed by atoms with van der Waals surface area (Å²) in [6.45, 7) is 3.69. The third-order valence-corrected chi connectivity index (χ3v) is 8.91. The van der Waals surface area contributed by atoms with Gasteiger partial charge in [-0.3, -0.25) is 0 Å². The molecule has 0 bridgehead atoms. The van der Waals surface area contributed by atoms with E-state index in [4.69, 9.17) is 11.5 Å². The number of rotatable bonds is 2. The number of fused-ring (bicyclic) bond motifs is 3. The van der Waals surface area contributed by atoms with Gasteiger partial charge in [-0.25, -0.2) is 0 Å². The van der Waals surface area contributed by atoms with E-state index in [2.05, 4.69) is 47.9 Å². The number of hydrogen-bond acceptors (Lipinski definition) is 4. The summed E-state index contributed by atoms with van der Waals surface area (Å²) in [5.41, 5.74) is 23.2. The zero-order valence-electron chi connectivity index (χ0n) is 26.1. The molecule has 0 heterocycles. The molecule has 1 aliphatic carbocycles. The highest BCUT2D eigenvalue weighted by Crippen LogP contribution is 2.58. The zero-order valence-corrected chi connectivity index (χ0v) is 26.1. The Hall–Kier alpha value is -6.36. The highest BCUT2D eigenvalue weighted by molar-refractivity contribution is 5.88. The van der Waals surface area contributed by atoms with E-state index in [0.29, 0.717) is 11.1 Å². The van der Waals surface area contributed by atoms with Crippen molar-refractivity contribution in [2.75, 3.05) is 11.5 Å². The second kappa shape index (κ2) is 11.5. The Kier molecular flexibility index (Phi) is 7.20. The summed E-state index contributed by atoms with van der Waals surface area (Å²) in [5, 5.41) is 21.5. The SMILES string of the molecule is Cc1cc(C2(c3cc(C)c(O)c(N)c3)c3cc(C#Cc4ccccc4)ccc3-c3ccc(C#Cc4ccccc4)cc32)cc(N)c1O. The molecule has 0 fully saturated rings. The molecule has 6 aromatic carbocycles. The van der Waals surface area contributed by atoms with Crippen LogP contribution in [-0.2, 0) is 5.41 Å². The number of phenolic OH excluding ortho intramolecular Hbond substituents is 2. The Morgan fingerprint density at radius 1 is 0.468 bits per heavy atom. The summed E-state index contributed by atoms with van der Waals surface area (Å²) in [4.78, 5) is 0. The Labute approximate surface area is 275 Å². The molecule has 7 rings (SSSR count). The quantitative estimate of drug-likeness (QED) is 0.0908. The standard InChI is InChI=1S/C43H32N2O2/c1-27-21-33(25-39(44)41(27)46)43(34-22-28(2)42(47)40(45)26-34)37-23-31(15-13-29-9-5-3-6-10-29)17-19-35(37)36-20-18-32(24-38(36)43)16-14-30-11-7-4-8-12-30/h3-12,17-26,46-47H,44-45H2,1-2H3. The summed E-state index contributed by atoms with van der Waals surface area (Å²) in [6.07, 6.45) is 0. The number of nitrogens with two attached hydrogens (primary N) is 2. The predicted molar refractivity (Wildman–Crippen MR) is 190 cm³/mol. The maximum Gasteiger partial charge on any atom is 0.141 e. The number of benzene rings is 6. The van der Waals surface area contributed by atoms with Crippen molar-refractivity contribution in [2.24, 2.45) is 0 Å². The van der Waals surface area contributed by atoms with Crippen LogP contribution in [0, 0.1) is 37.5 Å². The molecular weight excluding hydrogens is 576 g/mol. The number of phenols is 2. The van der Waals surface area contributed by atoms with Gasteiger partial charge in [0.25, 0.3) is 0 Å². The fourth-order valence-corrected chi connectivity index (χ4v) is 6.65. The van der Waals surface area contributed by atoms with E-state index >= 15 is 0 Å². The van der Waals surface area contributed by atoms with Crippen LogP contribution in [0.15, 0.2) is 121 Å². The van der Waals surface area contributed by atoms with Gasteiger partial charge in [0.05, 0.1) is 16.8 Å². The Bertz CT molecular complexity index is 2110. The lowest BCUT2D eigenvalue weighted by atomic mass is 9.66. The van der Waals surface area contributed by atoms with Crippen molar-refractivity contribution in [1.29, 1.82) is 0 Å². The fourth-order valence-electron chi connectivity index (χ4n) is 6.65. The number of aryl methyl sites for hydroxylation is 2. The van der Waals surface area contributed by atoms with Crippen molar-refractivity contribution in [1.82, 2.24) is 0 Å². The zero-order chi connectivity index (χ0) is 32.7. The molecule has 226 valence electrons. The van der Waals surface area contributed by atoms with Gasteiger partial charge in [0.15, 0.2) is 0 Å². The first-order valence-electron chi connectivity index (χ1n) is 15.4. The molecule has 1 aliphatic rings. The van der Waals surface area contributed by atoms with Crippen LogP contribution in [0.4, 0.5) is 11.4 Å². The lowest BCUT2D eigenvalue weighted by Gasteiger charge is -2.35. The summed E-state index contributed by atoms with van der Waals surface area (Å²) < 4.78 is 0. The van der Waals surface area contributed by atoms with Crippen LogP contribution in [0.5, 0.6) is 11.5 Å². The summed E-state index contributed by atoms with van der Waals surface area (Å²) in [6, 6.07) is 40.0. The second-order valence-corrected chi connectivity index (χ2v) is 12.0. The minimum Gasteiger partial charge on any atom is -0.506 e. The van der Waals surface area contributed by atoms with E-state index in [1.54, 1.807) is 0 Å². The van der Waals surface area contributed by atoms with Gasteiger partial charge < -0.3 is 21.7 Å². The number of hydrogen-bond donors (Lipinski definition) is 4. The van der Waals surface area contributed by atoms with Gasteiger partial charge in [-0.1, -0.05) is 84.3 Å². The largest absolute Gasteiger partial charge is 0.506 e. The van der Waals surface area contributed by atoms with Crippen molar-refractivity contribution in [3.63, 3.8) is 0 Å². The van der Waals surface area contributed by atoms with Crippen LogP contribution in [0.3, 0.4) is 0 Å². The minimum atomic E-state index is -0.932. The van der Waals surface area contributed by atoms with Crippen molar-refractivity contribution in [2.45, 2.75) is 19.3 Å². The maximum absolute atomic E-state index is 10.8. The molecule has 6 N–H and O–H groups in total. The molecule has 0 saturated carbocycles. The fraction of sp³-hybridized carbons (Fsp3) is 0.0698. The Morgan fingerprint density at radius 2 is 0.851 bits per heavy atom. The topological polar surface area (TPSA) is 92.5 Å². The van der Waals surface area contributed by atoms with Gasteiger partial charge in [0, 0.05) is 22.3 Å². The van der Waals surface area contributed by atoms with Gasteiger partial charge in [0.2, 0.25) is 0 Å². The molecule has 0 aliphatic heterocycles. The number of anilines is 2. The van der Waals surface area contributed by atoms with E-state index in [1.807, 2.05) is 111 Å². The molecule has 0 atom stereocenters. The first kappa shape index (κ1) is 29.4. The third kappa shape index (κ3) is 5.03. The predicted octanol–water partition coefficient (Wildman–Crippen LogP) is 8.04. The normalized spacial score (nSPS) is 12.2. The minimum absolute atomic E-state index is 0.0497. The summed E-state index contributed by atoms with van der Waals surface area (Å²) in [7, 11) is 0. The van der Waals surface area contributed by atoms with Crippen molar-refractivity contribution in [3.8, 4) is 46.3 Å². The van der Waals surface area contributed by atoms with E-state index in [-0.39, 0.29) is 22.9 Å². The summed E-state index contributed by atoms with van der Waals surface area (Å²) in [5.74, 6) is 13.4. The molecule has 4 nitrogen and oxygen atoms in total. The molecule has 0 unspecified atom stereocenters. The first-order chi connectivity index (χ1) is 22.8. The molecule has 47 heavy (non-hydrogen) atoms. The average molecular weight is 609 g/mol. The molecule has 6 aromatic rings. The van der Waals surface area contributed by atoms with Crippen LogP contribution in [0.2, 0.25) is 0 Å². The monoisotopic (exact) mass is 608 g/mol.